The Morgan fingerprint density at radius 3 is 2.45 bits per heavy atom. The highest BCUT2D eigenvalue weighted by molar-refractivity contribution is 6.30. The van der Waals surface area contributed by atoms with Gasteiger partial charge in [-0.25, -0.2) is 0 Å². The molecular weight excluding hydrogens is 266 g/mol. The first-order valence-corrected chi connectivity index (χ1v) is 7.76. The Hall–Kier alpha value is -1.05. The average molecular weight is 292 g/mol. The van der Waals surface area contributed by atoms with Crippen molar-refractivity contribution in [3.05, 3.63) is 52.6 Å². The van der Waals surface area contributed by atoms with Gasteiger partial charge in [-0.1, -0.05) is 67.3 Å². The van der Waals surface area contributed by atoms with Crippen LogP contribution in [0.4, 0.5) is 0 Å². The molecule has 0 atom stereocenters. The smallest absolute Gasteiger partial charge is 0.0406 e. The lowest BCUT2D eigenvalue weighted by Crippen LogP contribution is -2.15. The highest BCUT2D eigenvalue weighted by Gasteiger charge is 1.98. The van der Waals surface area contributed by atoms with Gasteiger partial charge in [-0.15, -0.1) is 0 Å². The van der Waals surface area contributed by atoms with Crippen molar-refractivity contribution in [2.75, 3.05) is 20.6 Å². The summed E-state index contributed by atoms with van der Waals surface area (Å²) >= 11 is 5.88. The molecule has 0 fully saturated rings. The van der Waals surface area contributed by atoms with Gasteiger partial charge in [0.2, 0.25) is 0 Å². The Labute approximate surface area is 128 Å². The second kappa shape index (κ2) is 9.79. The molecule has 20 heavy (non-hydrogen) atoms. The van der Waals surface area contributed by atoms with Crippen LogP contribution < -0.4 is 0 Å². The number of rotatable bonds is 8. The number of nitrogens with zero attached hydrogens (tertiary/aromatic N) is 1. The lowest BCUT2D eigenvalue weighted by atomic mass is 10.1. The van der Waals surface area contributed by atoms with Crippen molar-refractivity contribution >= 4 is 17.7 Å². The Morgan fingerprint density at radius 1 is 1.15 bits per heavy atom. The monoisotopic (exact) mass is 291 g/mol. The van der Waals surface area contributed by atoms with Gasteiger partial charge in [0.1, 0.15) is 0 Å². The molecule has 0 aliphatic rings. The first-order valence-electron chi connectivity index (χ1n) is 7.38. The number of unbranched alkanes of at least 4 members (excludes halogenated alkanes) is 2. The minimum atomic E-state index is 0.783. The van der Waals surface area contributed by atoms with Crippen LogP contribution in [0.25, 0.3) is 6.08 Å². The predicted octanol–water partition coefficient (Wildman–Crippen LogP) is 5.42. The normalized spacial score (nSPS) is 12.6. The number of hydrogen-bond donors (Lipinski definition) is 0. The SMILES string of the molecule is CCCCC/C(=C/C=C/c1ccc(Cl)cc1)CN(C)C. The fraction of sp³-hybridized carbons (Fsp3) is 0.444. The van der Waals surface area contributed by atoms with Crippen LogP contribution >= 0.6 is 11.6 Å². The van der Waals surface area contributed by atoms with Crippen LogP contribution in [-0.2, 0) is 0 Å². The molecule has 0 saturated carbocycles. The van der Waals surface area contributed by atoms with E-state index >= 15 is 0 Å². The fourth-order valence-corrected chi connectivity index (χ4v) is 2.22. The van der Waals surface area contributed by atoms with Gasteiger partial charge in [-0.2, -0.15) is 0 Å². The van der Waals surface area contributed by atoms with Gasteiger partial charge in [-0.05, 0) is 44.6 Å². The molecule has 0 heterocycles. The van der Waals surface area contributed by atoms with Gasteiger partial charge in [0, 0.05) is 11.6 Å². The number of hydrogen-bond acceptors (Lipinski definition) is 1. The molecule has 0 spiro atoms. The van der Waals surface area contributed by atoms with Crippen molar-refractivity contribution < 1.29 is 0 Å². The summed E-state index contributed by atoms with van der Waals surface area (Å²) in [5, 5.41) is 0.783. The van der Waals surface area contributed by atoms with Crippen LogP contribution in [0.15, 0.2) is 42.0 Å². The highest BCUT2D eigenvalue weighted by atomic mass is 35.5. The fourth-order valence-electron chi connectivity index (χ4n) is 2.09. The first kappa shape index (κ1) is 17.0. The maximum atomic E-state index is 5.88. The van der Waals surface area contributed by atoms with E-state index in [1.807, 2.05) is 24.3 Å². The summed E-state index contributed by atoms with van der Waals surface area (Å²) in [6, 6.07) is 7.92. The summed E-state index contributed by atoms with van der Waals surface area (Å²) in [7, 11) is 4.24. The molecule has 0 aromatic heterocycles. The molecule has 0 aliphatic carbocycles. The largest absolute Gasteiger partial charge is 0.305 e. The lowest BCUT2D eigenvalue weighted by Gasteiger charge is -2.12. The van der Waals surface area contributed by atoms with Crippen molar-refractivity contribution in [3.63, 3.8) is 0 Å². The molecule has 1 rings (SSSR count). The summed E-state index contributed by atoms with van der Waals surface area (Å²) in [6.07, 6.45) is 11.6. The third-order valence-corrected chi connectivity index (χ3v) is 3.36. The van der Waals surface area contributed by atoms with E-state index in [1.54, 1.807) is 0 Å². The topological polar surface area (TPSA) is 3.24 Å². The van der Waals surface area contributed by atoms with Crippen molar-refractivity contribution in [2.45, 2.75) is 32.6 Å². The molecule has 110 valence electrons. The number of allylic oxidation sites excluding steroid dienone is 2. The minimum absolute atomic E-state index is 0.783. The molecule has 0 aliphatic heterocycles. The highest BCUT2D eigenvalue weighted by Crippen LogP contribution is 2.13. The van der Waals surface area contributed by atoms with Crippen LogP contribution in [0.1, 0.15) is 38.2 Å². The number of halogens is 1. The van der Waals surface area contributed by atoms with Crippen LogP contribution in [0.2, 0.25) is 5.02 Å². The zero-order valence-corrected chi connectivity index (χ0v) is 13.7. The van der Waals surface area contributed by atoms with E-state index in [-0.39, 0.29) is 0 Å². The van der Waals surface area contributed by atoms with Crippen molar-refractivity contribution in [2.24, 2.45) is 0 Å². The Kier molecular flexibility index (Phi) is 8.32. The summed E-state index contributed by atoms with van der Waals surface area (Å²) in [5.41, 5.74) is 2.68. The molecule has 0 N–H and O–H groups in total. The van der Waals surface area contributed by atoms with Gasteiger partial charge in [0.05, 0.1) is 0 Å². The molecule has 1 aromatic rings. The van der Waals surface area contributed by atoms with E-state index in [2.05, 4.69) is 44.1 Å². The molecule has 1 aromatic carbocycles. The molecular formula is C18H26ClN. The van der Waals surface area contributed by atoms with E-state index in [0.717, 1.165) is 11.6 Å². The van der Waals surface area contributed by atoms with Crippen LogP contribution in [0, 0.1) is 0 Å². The Balaban J connectivity index is 2.61. The van der Waals surface area contributed by atoms with Gasteiger partial charge in [0.25, 0.3) is 0 Å². The molecule has 2 heteroatoms. The summed E-state index contributed by atoms with van der Waals surface area (Å²) < 4.78 is 0. The summed E-state index contributed by atoms with van der Waals surface area (Å²) in [5.74, 6) is 0. The van der Waals surface area contributed by atoms with Crippen molar-refractivity contribution in [3.8, 4) is 0 Å². The third kappa shape index (κ3) is 7.52. The molecule has 0 saturated heterocycles. The van der Waals surface area contributed by atoms with E-state index in [4.69, 9.17) is 11.6 Å². The molecule has 0 bridgehead atoms. The van der Waals surface area contributed by atoms with Gasteiger partial charge in [0.15, 0.2) is 0 Å². The molecule has 0 unspecified atom stereocenters. The first-order chi connectivity index (χ1) is 9.61. The standard InChI is InChI=1S/C18H26ClN/c1-4-5-6-8-17(15-20(2)3)10-7-9-16-11-13-18(19)14-12-16/h7,9-14H,4-6,8,15H2,1-3H3/b9-7+,17-10-. The van der Waals surface area contributed by atoms with E-state index in [0.29, 0.717) is 0 Å². The van der Waals surface area contributed by atoms with E-state index < -0.39 is 0 Å². The van der Waals surface area contributed by atoms with Gasteiger partial charge in [-0.3, -0.25) is 0 Å². The van der Waals surface area contributed by atoms with Crippen LogP contribution in [0.5, 0.6) is 0 Å². The second-order valence-corrected chi connectivity index (χ2v) is 5.87. The lowest BCUT2D eigenvalue weighted by molar-refractivity contribution is 0.437. The Morgan fingerprint density at radius 2 is 1.85 bits per heavy atom. The van der Waals surface area contributed by atoms with Gasteiger partial charge >= 0.3 is 0 Å². The molecule has 0 amide bonds. The predicted molar refractivity (Wildman–Crippen MR) is 91.3 cm³/mol. The summed E-state index contributed by atoms with van der Waals surface area (Å²) in [4.78, 5) is 2.23. The molecule has 1 nitrogen and oxygen atoms in total. The van der Waals surface area contributed by atoms with Gasteiger partial charge < -0.3 is 4.90 Å². The zero-order chi connectivity index (χ0) is 14.8. The zero-order valence-electron chi connectivity index (χ0n) is 12.9. The van der Waals surface area contributed by atoms with Crippen LogP contribution in [0.3, 0.4) is 0 Å². The van der Waals surface area contributed by atoms with Crippen molar-refractivity contribution in [1.82, 2.24) is 4.90 Å². The second-order valence-electron chi connectivity index (χ2n) is 5.43. The summed E-state index contributed by atoms with van der Waals surface area (Å²) in [6.45, 7) is 3.28. The van der Waals surface area contributed by atoms with Crippen molar-refractivity contribution in [1.29, 1.82) is 0 Å². The maximum Gasteiger partial charge on any atom is 0.0406 e. The van der Waals surface area contributed by atoms with Crippen LogP contribution in [-0.4, -0.2) is 25.5 Å². The maximum absolute atomic E-state index is 5.88. The number of benzene rings is 1. The average Bonchev–Trinajstić information content (AvgIpc) is 2.40. The quantitative estimate of drug-likeness (QED) is 0.456. The third-order valence-electron chi connectivity index (χ3n) is 3.11. The minimum Gasteiger partial charge on any atom is -0.305 e. The number of likely N-dealkylation sites (N-methyl/N-ethyl adjacent to an activating group) is 1. The molecule has 0 radical (unpaired) electrons. The van der Waals surface area contributed by atoms with E-state index in [9.17, 15) is 0 Å². The Bertz CT molecular complexity index is 429. The van der Waals surface area contributed by atoms with E-state index in [1.165, 1.54) is 36.8 Å².